The van der Waals surface area contributed by atoms with Crippen LogP contribution in [-0.4, -0.2) is 6.54 Å². The van der Waals surface area contributed by atoms with Gasteiger partial charge in [0.05, 0.1) is 6.26 Å². The molecular weight excluding hydrogens is 246 g/mol. The molecule has 2 heteroatoms. The number of hydrogen-bond donors (Lipinski definition) is 1. The van der Waals surface area contributed by atoms with Gasteiger partial charge >= 0.3 is 0 Å². The topological polar surface area (TPSA) is 39.2 Å². The summed E-state index contributed by atoms with van der Waals surface area (Å²) in [6.07, 6.45) is 3.86. The van der Waals surface area contributed by atoms with E-state index in [-0.39, 0.29) is 5.41 Å². The molecule has 2 aromatic rings. The van der Waals surface area contributed by atoms with Crippen LogP contribution in [0.1, 0.15) is 52.2 Å². The molecule has 0 atom stereocenters. The molecule has 0 aliphatic rings. The molecule has 1 aromatic carbocycles. The van der Waals surface area contributed by atoms with Gasteiger partial charge in [-0.15, -0.1) is 0 Å². The minimum atomic E-state index is 0.156. The summed E-state index contributed by atoms with van der Waals surface area (Å²) in [5.41, 5.74) is 9.70. The molecule has 0 bridgehead atoms. The maximum atomic E-state index is 5.68. The maximum Gasteiger partial charge on any atom is 0.134 e. The second-order valence-corrected chi connectivity index (χ2v) is 7.63. The van der Waals surface area contributed by atoms with Gasteiger partial charge in [0.15, 0.2) is 0 Å². The lowest BCUT2D eigenvalue weighted by molar-refractivity contribution is 0.284. The van der Waals surface area contributed by atoms with Gasteiger partial charge in [-0.25, -0.2) is 0 Å². The molecule has 0 aliphatic heterocycles. The number of fused-ring (bicyclic) bond motifs is 1. The van der Waals surface area contributed by atoms with E-state index in [0.717, 1.165) is 18.4 Å². The Morgan fingerprint density at radius 3 is 2.40 bits per heavy atom. The predicted octanol–water partition coefficient (Wildman–Crippen LogP) is 4.65. The van der Waals surface area contributed by atoms with E-state index in [4.69, 9.17) is 10.2 Å². The Labute approximate surface area is 122 Å². The van der Waals surface area contributed by atoms with Gasteiger partial charge in [0.1, 0.15) is 5.58 Å². The standard InChI is InChI=1S/C18H27NO/c1-17(2,3)12-18(4,5)14-6-7-16-15(10-14)13(8-9-19)11-20-16/h6-7,10-11H,8-9,12,19H2,1-5H3. The van der Waals surface area contributed by atoms with Crippen LogP contribution in [0.25, 0.3) is 11.0 Å². The number of furan rings is 1. The third-order valence-electron chi connectivity index (χ3n) is 3.82. The van der Waals surface area contributed by atoms with Crippen LogP contribution in [0.4, 0.5) is 0 Å². The fourth-order valence-electron chi connectivity index (χ4n) is 3.28. The molecule has 0 unspecified atom stereocenters. The molecule has 2 rings (SSSR count). The average molecular weight is 273 g/mol. The molecule has 0 aliphatic carbocycles. The molecule has 2 N–H and O–H groups in total. The van der Waals surface area contributed by atoms with Crippen molar-refractivity contribution < 1.29 is 4.42 Å². The number of benzene rings is 1. The summed E-state index contributed by atoms with van der Waals surface area (Å²) in [5, 5.41) is 1.22. The number of nitrogens with two attached hydrogens (primary N) is 1. The Morgan fingerprint density at radius 1 is 1.10 bits per heavy atom. The van der Waals surface area contributed by atoms with Crippen LogP contribution in [0.2, 0.25) is 0 Å². The van der Waals surface area contributed by atoms with Gasteiger partial charge in [0.25, 0.3) is 0 Å². The van der Waals surface area contributed by atoms with Crippen LogP contribution >= 0.6 is 0 Å². The SMILES string of the molecule is CC(C)(C)CC(C)(C)c1ccc2occ(CCN)c2c1. The Kier molecular flexibility index (Phi) is 3.97. The zero-order chi connectivity index (χ0) is 15.0. The van der Waals surface area contributed by atoms with Gasteiger partial charge in [-0.3, -0.25) is 0 Å². The lowest BCUT2D eigenvalue weighted by Gasteiger charge is -2.33. The van der Waals surface area contributed by atoms with E-state index < -0.39 is 0 Å². The zero-order valence-electron chi connectivity index (χ0n) is 13.4. The highest BCUT2D eigenvalue weighted by atomic mass is 16.3. The molecule has 20 heavy (non-hydrogen) atoms. The second-order valence-electron chi connectivity index (χ2n) is 7.63. The summed E-state index contributed by atoms with van der Waals surface area (Å²) < 4.78 is 5.61. The predicted molar refractivity (Wildman–Crippen MR) is 86.1 cm³/mol. The highest BCUT2D eigenvalue weighted by Crippen LogP contribution is 2.37. The molecule has 0 spiro atoms. The first-order valence-corrected chi connectivity index (χ1v) is 7.44. The Bertz CT molecular complexity index is 587. The minimum Gasteiger partial charge on any atom is -0.464 e. The second kappa shape index (κ2) is 5.25. The first-order chi connectivity index (χ1) is 9.23. The van der Waals surface area contributed by atoms with Crippen molar-refractivity contribution in [3.8, 4) is 0 Å². The van der Waals surface area contributed by atoms with Gasteiger partial charge < -0.3 is 10.2 Å². The summed E-state index contributed by atoms with van der Waals surface area (Å²) >= 11 is 0. The molecule has 0 radical (unpaired) electrons. The summed E-state index contributed by atoms with van der Waals surface area (Å²) in [7, 11) is 0. The molecule has 1 aromatic heterocycles. The van der Waals surface area contributed by atoms with Crippen molar-refractivity contribution >= 4 is 11.0 Å². The van der Waals surface area contributed by atoms with Crippen molar-refractivity contribution in [3.63, 3.8) is 0 Å². The summed E-state index contributed by atoms with van der Waals surface area (Å²) in [4.78, 5) is 0. The molecule has 0 saturated carbocycles. The van der Waals surface area contributed by atoms with Crippen LogP contribution in [0.3, 0.4) is 0 Å². The van der Waals surface area contributed by atoms with Crippen molar-refractivity contribution in [2.24, 2.45) is 11.1 Å². The van der Waals surface area contributed by atoms with E-state index in [1.54, 1.807) is 0 Å². The molecule has 2 nitrogen and oxygen atoms in total. The van der Waals surface area contributed by atoms with E-state index in [1.165, 1.54) is 16.5 Å². The van der Waals surface area contributed by atoms with Gasteiger partial charge in [-0.05, 0) is 53.5 Å². The molecular formula is C18H27NO. The summed E-state index contributed by atoms with van der Waals surface area (Å²) in [5.74, 6) is 0. The monoisotopic (exact) mass is 273 g/mol. The van der Waals surface area contributed by atoms with Crippen LogP contribution in [0.15, 0.2) is 28.9 Å². The lowest BCUT2D eigenvalue weighted by Crippen LogP contribution is -2.24. The molecule has 110 valence electrons. The van der Waals surface area contributed by atoms with Gasteiger partial charge in [0, 0.05) is 5.39 Å². The quantitative estimate of drug-likeness (QED) is 0.880. The van der Waals surface area contributed by atoms with Gasteiger partial charge in [-0.1, -0.05) is 40.7 Å². The molecule has 0 saturated heterocycles. The van der Waals surface area contributed by atoms with Crippen molar-refractivity contribution in [2.45, 2.75) is 52.9 Å². The molecule has 0 amide bonds. The third-order valence-corrected chi connectivity index (χ3v) is 3.82. The van der Waals surface area contributed by atoms with Crippen molar-refractivity contribution in [3.05, 3.63) is 35.6 Å². The van der Waals surface area contributed by atoms with Crippen LogP contribution in [0, 0.1) is 5.41 Å². The lowest BCUT2D eigenvalue weighted by atomic mass is 9.72. The smallest absolute Gasteiger partial charge is 0.134 e. The maximum absolute atomic E-state index is 5.68. The first kappa shape index (κ1) is 15.1. The Balaban J connectivity index is 2.42. The van der Waals surface area contributed by atoms with Crippen molar-refractivity contribution in [1.29, 1.82) is 0 Å². The summed E-state index contributed by atoms with van der Waals surface area (Å²) in [6, 6.07) is 6.58. The third kappa shape index (κ3) is 3.24. The largest absolute Gasteiger partial charge is 0.464 e. The van der Waals surface area contributed by atoms with Gasteiger partial charge in [0.2, 0.25) is 0 Å². The van der Waals surface area contributed by atoms with Crippen LogP contribution in [-0.2, 0) is 11.8 Å². The first-order valence-electron chi connectivity index (χ1n) is 7.44. The highest BCUT2D eigenvalue weighted by Gasteiger charge is 2.27. The number of rotatable bonds is 4. The minimum absolute atomic E-state index is 0.156. The van der Waals surface area contributed by atoms with Crippen molar-refractivity contribution in [2.75, 3.05) is 6.54 Å². The van der Waals surface area contributed by atoms with Crippen LogP contribution < -0.4 is 5.73 Å². The van der Waals surface area contributed by atoms with E-state index >= 15 is 0 Å². The highest BCUT2D eigenvalue weighted by molar-refractivity contribution is 5.82. The Morgan fingerprint density at radius 2 is 1.80 bits per heavy atom. The zero-order valence-corrected chi connectivity index (χ0v) is 13.4. The molecule has 1 heterocycles. The average Bonchev–Trinajstić information content (AvgIpc) is 2.69. The Hall–Kier alpha value is -1.28. The van der Waals surface area contributed by atoms with E-state index in [2.05, 4.69) is 52.8 Å². The fraction of sp³-hybridized carbons (Fsp3) is 0.556. The van der Waals surface area contributed by atoms with Crippen LogP contribution in [0.5, 0.6) is 0 Å². The van der Waals surface area contributed by atoms with Crippen molar-refractivity contribution in [1.82, 2.24) is 0 Å². The summed E-state index contributed by atoms with van der Waals surface area (Å²) in [6.45, 7) is 12.2. The normalized spacial score (nSPS) is 13.1. The van der Waals surface area contributed by atoms with E-state index in [0.29, 0.717) is 12.0 Å². The van der Waals surface area contributed by atoms with E-state index in [1.807, 2.05) is 6.26 Å². The molecule has 0 fully saturated rings. The number of hydrogen-bond acceptors (Lipinski definition) is 2. The van der Waals surface area contributed by atoms with E-state index in [9.17, 15) is 0 Å². The fourth-order valence-corrected chi connectivity index (χ4v) is 3.28. The van der Waals surface area contributed by atoms with Gasteiger partial charge in [-0.2, -0.15) is 0 Å².